The summed E-state index contributed by atoms with van der Waals surface area (Å²) in [6.07, 6.45) is 3.12. The van der Waals surface area contributed by atoms with E-state index in [4.69, 9.17) is 14.2 Å². The van der Waals surface area contributed by atoms with Gasteiger partial charge in [0, 0.05) is 25.9 Å². The number of halogens is 3. The van der Waals surface area contributed by atoms with Crippen molar-refractivity contribution in [1.29, 1.82) is 0 Å². The van der Waals surface area contributed by atoms with Gasteiger partial charge in [0.25, 0.3) is 10.0 Å². The van der Waals surface area contributed by atoms with E-state index in [9.17, 15) is 34.2 Å². The number of hydrogen-bond donors (Lipinski definition) is 1. The molecule has 0 aromatic heterocycles. The van der Waals surface area contributed by atoms with Crippen molar-refractivity contribution in [2.45, 2.75) is 42.2 Å². The minimum absolute atomic E-state index is 0.174. The first-order valence-electron chi connectivity index (χ1n) is 10.6. The topological polar surface area (TPSA) is 137 Å². The lowest BCUT2D eigenvalue weighted by molar-refractivity contribution is -0.0441. The first-order valence-corrected chi connectivity index (χ1v) is 15.4. The molecular weight excluding hydrogens is 549 g/mol. The van der Waals surface area contributed by atoms with Crippen LogP contribution in [0.4, 0.5) is 13.2 Å². The van der Waals surface area contributed by atoms with Crippen molar-refractivity contribution < 1.29 is 48.4 Å². The van der Waals surface area contributed by atoms with Crippen LogP contribution in [-0.4, -0.2) is 72.4 Å². The standard InChI is InChI=1S/C20H31F3N2O8S3/c1-5-12-32-15-18(6-2)33-14-17(11-13-31-3)16-7-9-19(10-8-16)35(27,28)24-34(4,26)25-36(29,30)20(21,22)23/h5,7-10,17-18H,1,6,11-15H2,2-4H3,(H,24,25,26). The molecule has 1 aromatic carbocycles. The van der Waals surface area contributed by atoms with Gasteiger partial charge in [-0.2, -0.15) is 21.6 Å². The molecule has 0 aliphatic carbocycles. The maximum Gasteiger partial charge on any atom is 0.512 e. The fourth-order valence-corrected chi connectivity index (χ4v) is 7.56. The molecule has 0 amide bonds. The van der Waals surface area contributed by atoms with E-state index in [2.05, 4.69) is 10.3 Å². The SMILES string of the molecule is C=CCOCC(CC)OCC(CCOC)c1ccc(S(=O)(=O)N=S(C)(=O)NS(=O)(=O)C(F)(F)F)cc1. The number of methoxy groups -OCH3 is 1. The second kappa shape index (κ2) is 13.8. The molecule has 0 aliphatic rings. The van der Waals surface area contributed by atoms with Gasteiger partial charge in [0.2, 0.25) is 0 Å². The highest BCUT2D eigenvalue weighted by molar-refractivity contribution is 8.09. The van der Waals surface area contributed by atoms with Crippen LogP contribution in [0.25, 0.3) is 0 Å². The minimum Gasteiger partial charge on any atom is -0.385 e. The smallest absolute Gasteiger partial charge is 0.385 e. The lowest BCUT2D eigenvalue weighted by Gasteiger charge is -2.22. The average Bonchev–Trinajstić information content (AvgIpc) is 2.75. The molecule has 0 heterocycles. The molecule has 10 nitrogen and oxygen atoms in total. The fraction of sp³-hybridized carbons (Fsp3) is 0.600. The summed E-state index contributed by atoms with van der Waals surface area (Å²) < 4.78 is 117. The van der Waals surface area contributed by atoms with Gasteiger partial charge < -0.3 is 14.2 Å². The van der Waals surface area contributed by atoms with Crippen molar-refractivity contribution in [1.82, 2.24) is 4.13 Å². The molecule has 0 spiro atoms. The molecule has 0 radical (unpaired) electrons. The number of alkyl halides is 3. The number of nitrogens with one attached hydrogen (secondary N) is 1. The van der Waals surface area contributed by atoms with Crippen LogP contribution in [-0.2, 0) is 44.2 Å². The highest BCUT2D eigenvalue weighted by atomic mass is 32.3. The average molecular weight is 581 g/mol. The predicted octanol–water partition coefficient (Wildman–Crippen LogP) is 2.95. The first-order chi connectivity index (χ1) is 16.6. The van der Waals surface area contributed by atoms with E-state index >= 15 is 0 Å². The highest BCUT2D eigenvalue weighted by Gasteiger charge is 2.47. The van der Waals surface area contributed by atoms with Crippen molar-refractivity contribution in [3.8, 4) is 0 Å². The lowest BCUT2D eigenvalue weighted by atomic mass is 9.97. The molecule has 36 heavy (non-hydrogen) atoms. The van der Waals surface area contributed by atoms with Gasteiger partial charge in [0.15, 0.2) is 0 Å². The summed E-state index contributed by atoms with van der Waals surface area (Å²) in [7, 11) is -13.8. The minimum atomic E-state index is -6.08. The fourth-order valence-electron chi connectivity index (χ4n) is 2.83. The molecule has 0 saturated carbocycles. The summed E-state index contributed by atoms with van der Waals surface area (Å²) >= 11 is 0. The summed E-state index contributed by atoms with van der Waals surface area (Å²) in [5.41, 5.74) is -5.11. The number of rotatable bonds is 16. The molecule has 1 rings (SSSR count). The molecule has 1 N–H and O–H groups in total. The largest absolute Gasteiger partial charge is 0.512 e. The Balaban J connectivity index is 3.11. The van der Waals surface area contributed by atoms with Gasteiger partial charge >= 0.3 is 15.5 Å². The molecule has 0 aliphatic heterocycles. The molecule has 16 heteroatoms. The van der Waals surface area contributed by atoms with Gasteiger partial charge in [-0.1, -0.05) is 28.9 Å². The van der Waals surface area contributed by atoms with Crippen molar-refractivity contribution in [3.05, 3.63) is 42.5 Å². The van der Waals surface area contributed by atoms with Crippen molar-refractivity contribution in [2.75, 3.05) is 39.8 Å². The predicted molar refractivity (Wildman–Crippen MR) is 129 cm³/mol. The zero-order valence-corrected chi connectivity index (χ0v) is 22.5. The van der Waals surface area contributed by atoms with Crippen LogP contribution in [0.15, 0.2) is 45.6 Å². The van der Waals surface area contributed by atoms with Crippen LogP contribution < -0.4 is 4.13 Å². The van der Waals surface area contributed by atoms with E-state index in [1.165, 1.54) is 19.2 Å². The molecular formula is C20H31F3N2O8S3. The Morgan fingerprint density at radius 1 is 1.11 bits per heavy atom. The van der Waals surface area contributed by atoms with Crippen molar-refractivity contribution in [2.24, 2.45) is 3.77 Å². The molecule has 0 bridgehead atoms. The first kappa shape index (κ1) is 32.5. The molecule has 3 atom stereocenters. The Hall–Kier alpha value is -1.56. The monoisotopic (exact) mass is 580 g/mol. The van der Waals surface area contributed by atoms with Crippen LogP contribution in [0.3, 0.4) is 0 Å². The Morgan fingerprint density at radius 2 is 1.72 bits per heavy atom. The third-order valence-corrected chi connectivity index (χ3v) is 10.2. The van der Waals surface area contributed by atoms with E-state index in [-0.39, 0.29) is 18.6 Å². The van der Waals surface area contributed by atoms with E-state index in [1.807, 2.05) is 6.92 Å². The number of hydrogen-bond acceptors (Lipinski definition) is 8. The molecule has 0 fully saturated rings. The van der Waals surface area contributed by atoms with Gasteiger partial charge in [-0.15, -0.1) is 10.7 Å². The Morgan fingerprint density at radius 3 is 2.22 bits per heavy atom. The van der Waals surface area contributed by atoms with Crippen LogP contribution in [0, 0.1) is 0 Å². The second-order valence-electron chi connectivity index (χ2n) is 7.62. The normalized spacial score (nSPS) is 16.2. The van der Waals surface area contributed by atoms with Crippen LogP contribution in [0.1, 0.15) is 31.2 Å². The van der Waals surface area contributed by atoms with Gasteiger partial charge in [0.05, 0.1) is 30.8 Å². The highest BCUT2D eigenvalue weighted by Crippen LogP contribution is 2.25. The van der Waals surface area contributed by atoms with E-state index < -0.39 is 40.4 Å². The second-order valence-corrected chi connectivity index (χ2v) is 13.4. The van der Waals surface area contributed by atoms with E-state index in [0.717, 1.165) is 16.3 Å². The number of ether oxygens (including phenoxy) is 3. The lowest BCUT2D eigenvalue weighted by Crippen LogP contribution is -2.39. The van der Waals surface area contributed by atoms with Crippen LogP contribution >= 0.6 is 0 Å². The number of sulfonamides is 2. The summed E-state index contributed by atoms with van der Waals surface area (Å²) in [4.78, 5) is -0.484. The quantitative estimate of drug-likeness (QED) is 0.233. The zero-order valence-electron chi connectivity index (χ0n) is 20.1. The molecule has 208 valence electrons. The van der Waals surface area contributed by atoms with E-state index in [0.29, 0.717) is 44.5 Å². The van der Waals surface area contributed by atoms with E-state index in [1.54, 1.807) is 6.08 Å². The summed E-state index contributed by atoms with van der Waals surface area (Å²) in [6.45, 7) is 6.94. The van der Waals surface area contributed by atoms with Gasteiger partial charge in [-0.05, 0) is 30.5 Å². The Labute approximate surface area is 210 Å². The summed E-state index contributed by atoms with van der Waals surface area (Å²) in [5.74, 6) is -0.193. The molecule has 3 unspecified atom stereocenters. The van der Waals surface area contributed by atoms with Crippen LogP contribution in [0.5, 0.6) is 0 Å². The maximum atomic E-state index is 12.5. The molecule has 0 saturated heterocycles. The third-order valence-electron chi connectivity index (χ3n) is 4.66. The number of nitrogens with zero attached hydrogens (tertiary/aromatic N) is 1. The Bertz CT molecular complexity index is 1180. The Kier molecular flexibility index (Phi) is 12.5. The maximum absolute atomic E-state index is 12.5. The zero-order chi connectivity index (χ0) is 27.6. The molecule has 1 aromatic rings. The summed E-state index contributed by atoms with van der Waals surface area (Å²) in [6, 6.07) is 5.18. The number of benzene rings is 1. The van der Waals surface area contributed by atoms with Crippen molar-refractivity contribution in [3.63, 3.8) is 0 Å². The van der Waals surface area contributed by atoms with Crippen LogP contribution in [0.2, 0.25) is 0 Å². The van der Waals surface area contributed by atoms with Gasteiger partial charge in [-0.25, -0.2) is 12.6 Å². The van der Waals surface area contributed by atoms with Gasteiger partial charge in [0.1, 0.15) is 9.92 Å². The summed E-state index contributed by atoms with van der Waals surface area (Å²) in [5, 5.41) is 0. The third kappa shape index (κ3) is 10.4. The van der Waals surface area contributed by atoms with Gasteiger partial charge in [-0.3, -0.25) is 0 Å². The van der Waals surface area contributed by atoms with Crippen molar-refractivity contribution >= 4 is 30.0 Å².